The van der Waals surface area contributed by atoms with E-state index in [1.807, 2.05) is 12.1 Å². The van der Waals surface area contributed by atoms with Crippen LogP contribution in [0.15, 0.2) is 27.8 Å². The van der Waals surface area contributed by atoms with Crippen molar-refractivity contribution in [1.29, 1.82) is 0 Å². The summed E-state index contributed by atoms with van der Waals surface area (Å²) in [6.07, 6.45) is 13.1. The van der Waals surface area contributed by atoms with Crippen LogP contribution in [-0.4, -0.2) is 56.2 Å². The summed E-state index contributed by atoms with van der Waals surface area (Å²) in [4.78, 5) is 7.03. The zero-order valence-electron chi connectivity index (χ0n) is 18.3. The van der Waals surface area contributed by atoms with Crippen LogP contribution < -0.4 is 10.0 Å². The lowest BCUT2D eigenvalue weighted by molar-refractivity contribution is 0.324. The van der Waals surface area contributed by atoms with Gasteiger partial charge in [0, 0.05) is 38.1 Å². The highest BCUT2D eigenvalue weighted by atomic mass is 127. The zero-order chi connectivity index (χ0) is 20.8. The lowest BCUT2D eigenvalue weighted by Gasteiger charge is -2.36. The van der Waals surface area contributed by atoms with Gasteiger partial charge in [0.05, 0.1) is 11.5 Å². The van der Waals surface area contributed by atoms with Crippen molar-refractivity contribution in [2.75, 3.05) is 19.6 Å². The molecule has 0 bridgehead atoms. The summed E-state index contributed by atoms with van der Waals surface area (Å²) in [5.74, 6) is 1.80. The molecule has 1 aromatic rings. The Balaban J connectivity index is 0.00000272. The van der Waals surface area contributed by atoms with E-state index in [-0.39, 0.29) is 35.3 Å². The van der Waals surface area contributed by atoms with E-state index < -0.39 is 10.0 Å². The molecule has 2 N–H and O–H groups in total. The third-order valence-corrected chi connectivity index (χ3v) is 8.62. The van der Waals surface area contributed by atoms with Gasteiger partial charge in [0.15, 0.2) is 5.96 Å². The van der Waals surface area contributed by atoms with Crippen LogP contribution in [-0.2, 0) is 16.4 Å². The maximum atomic E-state index is 13.0. The van der Waals surface area contributed by atoms with Gasteiger partial charge in [-0.2, -0.15) is 0 Å². The third-order valence-electron chi connectivity index (χ3n) is 6.69. The molecule has 176 valence electrons. The topological polar surface area (TPSA) is 86.9 Å². The molecule has 2 saturated carbocycles. The summed E-state index contributed by atoms with van der Waals surface area (Å²) in [6, 6.07) is 4.44. The van der Waals surface area contributed by atoms with Crippen molar-refractivity contribution in [3.63, 3.8) is 0 Å². The van der Waals surface area contributed by atoms with Crippen LogP contribution in [0.2, 0.25) is 0 Å². The minimum absolute atomic E-state index is 0. The molecule has 1 aliphatic heterocycles. The predicted octanol–water partition coefficient (Wildman–Crippen LogP) is 3.65. The van der Waals surface area contributed by atoms with Crippen molar-refractivity contribution in [3.8, 4) is 0 Å². The molecule has 1 unspecified atom stereocenters. The van der Waals surface area contributed by atoms with Gasteiger partial charge in [0.25, 0.3) is 0 Å². The fourth-order valence-corrected chi connectivity index (χ4v) is 6.72. The largest absolute Gasteiger partial charge is 0.469 e. The average molecular weight is 565 g/mol. The number of furan rings is 1. The van der Waals surface area contributed by atoms with Crippen molar-refractivity contribution in [2.45, 2.75) is 88.0 Å². The molecule has 3 aliphatic rings. The molecule has 1 atom stereocenters. The maximum absolute atomic E-state index is 13.0. The first kappa shape index (κ1) is 24.8. The Morgan fingerprint density at radius 2 is 1.77 bits per heavy atom. The number of hydrogen-bond acceptors (Lipinski definition) is 4. The Kier molecular flexibility index (Phi) is 9.51. The number of piperidine rings is 1. The maximum Gasteiger partial charge on any atom is 0.216 e. The van der Waals surface area contributed by atoms with Crippen LogP contribution in [0.1, 0.15) is 70.0 Å². The van der Waals surface area contributed by atoms with Crippen molar-refractivity contribution in [1.82, 2.24) is 14.9 Å². The van der Waals surface area contributed by atoms with Gasteiger partial charge in [0.1, 0.15) is 5.76 Å². The molecule has 2 heterocycles. The molecule has 0 aromatic carbocycles. The summed E-state index contributed by atoms with van der Waals surface area (Å²) in [7, 11) is -3.31. The van der Waals surface area contributed by atoms with E-state index in [0.29, 0.717) is 19.1 Å². The van der Waals surface area contributed by atoms with Gasteiger partial charge in [-0.15, -0.1) is 24.0 Å². The summed E-state index contributed by atoms with van der Waals surface area (Å²) in [5.41, 5.74) is 0. The van der Waals surface area contributed by atoms with Gasteiger partial charge in [-0.25, -0.2) is 13.1 Å². The van der Waals surface area contributed by atoms with Gasteiger partial charge in [-0.1, -0.05) is 25.7 Å². The molecule has 0 spiro atoms. The standard InChI is InChI=1S/C22H36N4O3S.HI/c27-30(28,25-19-9-3-4-10-19)21-12-5-15-26(17-21)22(24-18-7-1-2-8-18)23-14-13-20-11-6-16-29-20;/h6,11,16,18-19,21,25H,1-5,7-10,12-15,17H2,(H,23,24);1H. The monoisotopic (exact) mass is 564 g/mol. The Hall–Kier alpha value is -0.810. The first-order valence-electron chi connectivity index (χ1n) is 11.7. The number of halogens is 1. The van der Waals surface area contributed by atoms with Crippen molar-refractivity contribution in [2.24, 2.45) is 4.99 Å². The van der Waals surface area contributed by atoms with Gasteiger partial charge >= 0.3 is 0 Å². The Morgan fingerprint density at radius 1 is 1.06 bits per heavy atom. The quantitative estimate of drug-likeness (QED) is 0.300. The van der Waals surface area contributed by atoms with Crippen molar-refractivity contribution >= 4 is 40.0 Å². The molecule has 1 saturated heterocycles. The van der Waals surface area contributed by atoms with Gasteiger partial charge in [0.2, 0.25) is 10.0 Å². The minimum Gasteiger partial charge on any atom is -0.469 e. The van der Waals surface area contributed by atoms with Crippen molar-refractivity contribution in [3.05, 3.63) is 24.2 Å². The zero-order valence-corrected chi connectivity index (χ0v) is 21.4. The van der Waals surface area contributed by atoms with Crippen molar-refractivity contribution < 1.29 is 12.8 Å². The van der Waals surface area contributed by atoms with Crippen LogP contribution in [0.5, 0.6) is 0 Å². The second-order valence-electron chi connectivity index (χ2n) is 9.01. The molecule has 0 radical (unpaired) electrons. The molecule has 0 amide bonds. The molecule has 2 aliphatic carbocycles. The fourth-order valence-electron chi connectivity index (χ4n) is 4.97. The van der Waals surface area contributed by atoms with E-state index in [1.165, 1.54) is 12.8 Å². The van der Waals surface area contributed by atoms with Gasteiger partial charge < -0.3 is 14.6 Å². The highest BCUT2D eigenvalue weighted by Crippen LogP contribution is 2.23. The van der Waals surface area contributed by atoms with E-state index in [4.69, 9.17) is 9.41 Å². The van der Waals surface area contributed by atoms with E-state index in [0.717, 1.165) is 76.1 Å². The van der Waals surface area contributed by atoms with Gasteiger partial charge in [-0.3, -0.25) is 4.99 Å². The molecular formula is C22H37IN4O3S. The molecule has 4 rings (SSSR count). The average Bonchev–Trinajstić information content (AvgIpc) is 3.51. The normalized spacial score (nSPS) is 23.8. The summed E-state index contributed by atoms with van der Waals surface area (Å²) in [6.45, 7) is 2.01. The predicted molar refractivity (Wildman–Crippen MR) is 134 cm³/mol. The van der Waals surface area contributed by atoms with Crippen LogP contribution in [0.4, 0.5) is 0 Å². The van der Waals surface area contributed by atoms with E-state index >= 15 is 0 Å². The summed E-state index contributed by atoms with van der Waals surface area (Å²) >= 11 is 0. The molecular weight excluding hydrogens is 527 g/mol. The Labute approximate surface area is 203 Å². The molecule has 9 heteroatoms. The summed E-state index contributed by atoms with van der Waals surface area (Å²) in [5, 5.41) is 3.27. The minimum atomic E-state index is -3.31. The third kappa shape index (κ3) is 7.08. The Bertz CT molecular complexity index is 788. The van der Waals surface area contributed by atoms with Crippen LogP contribution in [0.3, 0.4) is 0 Å². The summed E-state index contributed by atoms with van der Waals surface area (Å²) < 4.78 is 34.4. The number of nitrogens with zero attached hydrogens (tertiary/aromatic N) is 2. The smallest absolute Gasteiger partial charge is 0.216 e. The number of hydrogen-bond donors (Lipinski definition) is 2. The SMILES string of the molecule is I.O=S(=O)(NC1CCCC1)C1CCCN(C(=NCCc2ccco2)NC2CCCC2)C1. The first-order valence-corrected chi connectivity index (χ1v) is 13.2. The first-order chi connectivity index (χ1) is 14.6. The number of guanidine groups is 1. The number of nitrogens with one attached hydrogen (secondary N) is 2. The number of aliphatic imine (C=N–C) groups is 1. The van der Waals surface area contributed by atoms with Gasteiger partial charge in [-0.05, 0) is 50.7 Å². The number of sulfonamides is 1. The van der Waals surface area contributed by atoms with E-state index in [2.05, 4.69) is 14.9 Å². The molecule has 1 aromatic heterocycles. The molecule has 3 fully saturated rings. The molecule has 7 nitrogen and oxygen atoms in total. The number of likely N-dealkylation sites (tertiary alicyclic amines) is 1. The highest BCUT2D eigenvalue weighted by Gasteiger charge is 2.34. The van der Waals surface area contributed by atoms with Crippen LogP contribution in [0, 0.1) is 0 Å². The second-order valence-corrected chi connectivity index (χ2v) is 11.0. The lowest BCUT2D eigenvalue weighted by Crippen LogP contribution is -2.54. The fraction of sp³-hybridized carbons (Fsp3) is 0.773. The Morgan fingerprint density at radius 3 is 2.45 bits per heavy atom. The molecule has 31 heavy (non-hydrogen) atoms. The lowest BCUT2D eigenvalue weighted by atomic mass is 10.1. The van der Waals surface area contributed by atoms with E-state index in [1.54, 1.807) is 6.26 Å². The highest BCUT2D eigenvalue weighted by molar-refractivity contribution is 14.0. The van der Waals surface area contributed by atoms with Crippen LogP contribution in [0.25, 0.3) is 0 Å². The number of rotatable bonds is 7. The van der Waals surface area contributed by atoms with E-state index in [9.17, 15) is 8.42 Å². The van der Waals surface area contributed by atoms with Crippen LogP contribution >= 0.6 is 24.0 Å². The second kappa shape index (κ2) is 11.9.